The number of nitrogens with one attached hydrogen (secondary N) is 1. The van der Waals surface area contributed by atoms with E-state index in [4.69, 9.17) is 9.47 Å². The molecule has 3 amide bonds. The van der Waals surface area contributed by atoms with Crippen molar-refractivity contribution < 1.29 is 28.7 Å². The van der Waals surface area contributed by atoms with E-state index in [-0.39, 0.29) is 24.2 Å². The summed E-state index contributed by atoms with van der Waals surface area (Å²) in [7, 11) is 2.68. The first-order chi connectivity index (χ1) is 13.8. The number of hydrogen-bond acceptors (Lipinski definition) is 6. The van der Waals surface area contributed by atoms with Crippen molar-refractivity contribution in [3.8, 4) is 5.75 Å². The van der Waals surface area contributed by atoms with Crippen LogP contribution in [0.2, 0.25) is 0 Å². The van der Waals surface area contributed by atoms with Gasteiger partial charge < -0.3 is 14.8 Å². The second-order valence-corrected chi connectivity index (χ2v) is 7.07. The van der Waals surface area contributed by atoms with Gasteiger partial charge in [-0.3, -0.25) is 19.3 Å². The summed E-state index contributed by atoms with van der Waals surface area (Å²) in [5.74, 6) is -1.55. The van der Waals surface area contributed by atoms with Crippen LogP contribution in [0.25, 0.3) is 0 Å². The van der Waals surface area contributed by atoms with Gasteiger partial charge in [-0.15, -0.1) is 0 Å². The van der Waals surface area contributed by atoms with Gasteiger partial charge in [0.1, 0.15) is 5.75 Å². The minimum Gasteiger partial charge on any atom is -0.497 e. The second-order valence-electron chi connectivity index (χ2n) is 6.15. The number of halogens is 1. The van der Waals surface area contributed by atoms with Gasteiger partial charge in [-0.2, -0.15) is 0 Å². The van der Waals surface area contributed by atoms with Gasteiger partial charge in [0, 0.05) is 17.4 Å². The minimum absolute atomic E-state index is 0.0838. The molecule has 0 fully saturated rings. The Morgan fingerprint density at radius 3 is 2.45 bits per heavy atom. The van der Waals surface area contributed by atoms with Crippen molar-refractivity contribution in [1.82, 2.24) is 4.90 Å². The van der Waals surface area contributed by atoms with Crippen LogP contribution < -0.4 is 10.1 Å². The Labute approximate surface area is 174 Å². The fourth-order valence-corrected chi connectivity index (χ4v) is 3.29. The van der Waals surface area contributed by atoms with Crippen LogP contribution in [0.4, 0.5) is 5.69 Å². The molecule has 0 aromatic heterocycles. The summed E-state index contributed by atoms with van der Waals surface area (Å²) in [4.78, 5) is 50.3. The second kappa shape index (κ2) is 8.44. The first-order valence-corrected chi connectivity index (χ1v) is 9.37. The zero-order chi connectivity index (χ0) is 21.1. The van der Waals surface area contributed by atoms with Crippen molar-refractivity contribution in [2.45, 2.75) is 6.42 Å². The van der Waals surface area contributed by atoms with Gasteiger partial charge in [0.25, 0.3) is 11.8 Å². The van der Waals surface area contributed by atoms with Gasteiger partial charge in [0.05, 0.1) is 36.6 Å². The van der Waals surface area contributed by atoms with Gasteiger partial charge in [0.2, 0.25) is 5.91 Å². The molecule has 0 atom stereocenters. The molecule has 150 valence electrons. The molecule has 2 aromatic carbocycles. The molecular formula is C20H17BrN2O6. The molecule has 29 heavy (non-hydrogen) atoms. The largest absolute Gasteiger partial charge is 0.497 e. The molecule has 0 saturated carbocycles. The third kappa shape index (κ3) is 4.14. The molecule has 0 spiro atoms. The van der Waals surface area contributed by atoms with Crippen LogP contribution in [0.3, 0.4) is 0 Å². The standard InChI is InChI=1S/C20H17BrN2O6/c1-28-12-4-6-16(15(10-12)20(27)29-2)22-17(24)7-8-23-18(25)13-5-3-11(21)9-14(13)19(23)26/h3-6,9-10H,7-8H2,1-2H3,(H,22,24). The number of amides is 3. The first-order valence-electron chi connectivity index (χ1n) is 8.57. The van der Waals surface area contributed by atoms with Crippen molar-refractivity contribution in [3.05, 3.63) is 57.6 Å². The molecule has 3 rings (SSSR count). The molecule has 1 aliphatic heterocycles. The van der Waals surface area contributed by atoms with E-state index < -0.39 is 23.7 Å². The highest BCUT2D eigenvalue weighted by molar-refractivity contribution is 9.10. The van der Waals surface area contributed by atoms with Gasteiger partial charge in [-0.1, -0.05) is 15.9 Å². The third-order valence-electron chi connectivity index (χ3n) is 4.40. The first kappa shape index (κ1) is 20.5. The predicted octanol–water partition coefficient (Wildman–Crippen LogP) is 2.87. The number of esters is 1. The minimum atomic E-state index is -0.634. The van der Waals surface area contributed by atoms with Crippen molar-refractivity contribution in [2.24, 2.45) is 0 Å². The molecule has 0 aliphatic carbocycles. The van der Waals surface area contributed by atoms with Crippen LogP contribution in [0.15, 0.2) is 40.9 Å². The number of ether oxygens (including phenoxy) is 2. The lowest BCUT2D eigenvalue weighted by atomic mass is 10.1. The monoisotopic (exact) mass is 460 g/mol. The number of fused-ring (bicyclic) bond motifs is 1. The fraction of sp³-hybridized carbons (Fsp3) is 0.200. The average Bonchev–Trinajstić information content (AvgIpc) is 2.95. The topological polar surface area (TPSA) is 102 Å². The Morgan fingerprint density at radius 1 is 1.03 bits per heavy atom. The zero-order valence-corrected chi connectivity index (χ0v) is 17.2. The molecule has 8 nitrogen and oxygen atoms in total. The van der Waals surface area contributed by atoms with Gasteiger partial charge in [-0.05, 0) is 36.4 Å². The predicted molar refractivity (Wildman–Crippen MR) is 107 cm³/mol. The van der Waals surface area contributed by atoms with Crippen LogP contribution in [-0.4, -0.2) is 49.4 Å². The number of rotatable bonds is 6. The van der Waals surface area contributed by atoms with E-state index in [9.17, 15) is 19.2 Å². The molecular weight excluding hydrogens is 444 g/mol. The average molecular weight is 461 g/mol. The van der Waals surface area contributed by atoms with Gasteiger partial charge >= 0.3 is 5.97 Å². The molecule has 1 N–H and O–H groups in total. The van der Waals surface area contributed by atoms with E-state index in [1.807, 2.05) is 0 Å². The highest BCUT2D eigenvalue weighted by Gasteiger charge is 2.35. The molecule has 0 saturated heterocycles. The summed E-state index contributed by atoms with van der Waals surface area (Å²) in [6.07, 6.45) is -0.126. The van der Waals surface area contributed by atoms with Crippen molar-refractivity contribution >= 4 is 45.3 Å². The van der Waals surface area contributed by atoms with Crippen molar-refractivity contribution in [3.63, 3.8) is 0 Å². The highest BCUT2D eigenvalue weighted by Crippen LogP contribution is 2.26. The summed E-state index contributed by atoms with van der Waals surface area (Å²) < 4.78 is 10.5. The van der Waals surface area contributed by atoms with E-state index in [1.165, 1.54) is 26.4 Å². The lowest BCUT2D eigenvalue weighted by Gasteiger charge is -2.15. The molecule has 0 radical (unpaired) electrons. The quantitative estimate of drug-likeness (QED) is 0.525. The van der Waals surface area contributed by atoms with Crippen LogP contribution in [-0.2, 0) is 9.53 Å². The normalized spacial score (nSPS) is 12.6. The third-order valence-corrected chi connectivity index (χ3v) is 4.89. The van der Waals surface area contributed by atoms with Crippen LogP contribution >= 0.6 is 15.9 Å². The maximum absolute atomic E-state index is 12.5. The van der Waals surface area contributed by atoms with Crippen LogP contribution in [0.5, 0.6) is 5.75 Å². The Kier molecular flexibility index (Phi) is 5.97. The summed E-state index contributed by atoms with van der Waals surface area (Å²) in [5.41, 5.74) is 0.981. The SMILES string of the molecule is COC(=O)c1cc(OC)ccc1NC(=O)CCN1C(=O)c2ccc(Br)cc2C1=O. The number of hydrogen-bond donors (Lipinski definition) is 1. The maximum atomic E-state index is 12.5. The number of nitrogens with zero attached hydrogens (tertiary/aromatic N) is 1. The molecule has 2 aromatic rings. The zero-order valence-electron chi connectivity index (χ0n) is 15.7. The maximum Gasteiger partial charge on any atom is 0.340 e. The van der Waals surface area contributed by atoms with Crippen molar-refractivity contribution in [1.29, 1.82) is 0 Å². The van der Waals surface area contributed by atoms with Crippen LogP contribution in [0, 0.1) is 0 Å². The number of anilines is 1. The smallest absolute Gasteiger partial charge is 0.340 e. The lowest BCUT2D eigenvalue weighted by Crippen LogP contribution is -2.33. The lowest BCUT2D eigenvalue weighted by molar-refractivity contribution is -0.116. The van der Waals surface area contributed by atoms with E-state index in [0.29, 0.717) is 21.3 Å². The summed E-state index contributed by atoms with van der Waals surface area (Å²) in [5, 5.41) is 2.61. The summed E-state index contributed by atoms with van der Waals surface area (Å²) in [6, 6.07) is 9.38. The fourth-order valence-electron chi connectivity index (χ4n) is 2.93. The van der Waals surface area contributed by atoms with Crippen molar-refractivity contribution in [2.75, 3.05) is 26.1 Å². The highest BCUT2D eigenvalue weighted by atomic mass is 79.9. The molecule has 1 aliphatic rings. The molecule has 9 heteroatoms. The summed E-state index contributed by atoms with van der Waals surface area (Å²) in [6.45, 7) is -0.0838. The number of imide groups is 1. The molecule has 1 heterocycles. The van der Waals surface area contributed by atoms with E-state index >= 15 is 0 Å². The van der Waals surface area contributed by atoms with Gasteiger partial charge in [-0.25, -0.2) is 4.79 Å². The Hall–Kier alpha value is -3.20. The van der Waals surface area contributed by atoms with E-state index in [1.54, 1.807) is 24.3 Å². The number of carbonyl (C=O) groups is 4. The van der Waals surface area contributed by atoms with Gasteiger partial charge in [0.15, 0.2) is 0 Å². The van der Waals surface area contributed by atoms with E-state index in [2.05, 4.69) is 21.2 Å². The number of benzene rings is 2. The number of carbonyl (C=O) groups excluding carboxylic acids is 4. The molecule has 0 bridgehead atoms. The Bertz CT molecular complexity index is 1020. The van der Waals surface area contributed by atoms with Crippen LogP contribution in [0.1, 0.15) is 37.5 Å². The Morgan fingerprint density at radius 2 is 1.76 bits per heavy atom. The Balaban J connectivity index is 1.69. The molecule has 0 unspecified atom stereocenters. The summed E-state index contributed by atoms with van der Waals surface area (Å²) >= 11 is 3.27. The number of methoxy groups -OCH3 is 2. The van der Waals surface area contributed by atoms with E-state index in [0.717, 1.165) is 4.90 Å².